The molecular formula is C16H17ClN4O5. The van der Waals surface area contributed by atoms with Gasteiger partial charge in [-0.2, -0.15) is 0 Å². The zero-order valence-electron chi connectivity index (χ0n) is 14.0. The number of imide groups is 1. The number of carbonyl (C=O) groups excluding carboxylic acids is 4. The minimum Gasteiger partial charge on any atom is -0.454 e. The van der Waals surface area contributed by atoms with Gasteiger partial charge in [-0.25, -0.2) is 9.78 Å². The van der Waals surface area contributed by atoms with E-state index in [0.717, 1.165) is 17.7 Å². The topological polar surface area (TPSA) is 118 Å². The van der Waals surface area contributed by atoms with E-state index in [2.05, 4.69) is 15.6 Å². The van der Waals surface area contributed by atoms with Crippen molar-refractivity contribution in [2.24, 2.45) is 5.92 Å². The summed E-state index contributed by atoms with van der Waals surface area (Å²) < 4.78 is 4.83. The molecule has 0 aromatic carbocycles. The van der Waals surface area contributed by atoms with Gasteiger partial charge in [0.2, 0.25) is 0 Å². The molecule has 1 atom stereocenters. The van der Waals surface area contributed by atoms with E-state index >= 15 is 0 Å². The molecule has 1 saturated carbocycles. The van der Waals surface area contributed by atoms with Crippen LogP contribution in [0.2, 0.25) is 5.15 Å². The summed E-state index contributed by atoms with van der Waals surface area (Å²) in [6.07, 6.45) is 3.18. The lowest BCUT2D eigenvalue weighted by Gasteiger charge is -2.20. The lowest BCUT2D eigenvalue weighted by atomic mass is 9.96. The molecule has 2 aliphatic rings. The van der Waals surface area contributed by atoms with Crippen molar-refractivity contribution < 1.29 is 23.9 Å². The fourth-order valence-corrected chi connectivity index (χ4v) is 2.95. The molecule has 2 heterocycles. The van der Waals surface area contributed by atoms with Crippen LogP contribution in [0.15, 0.2) is 18.3 Å². The molecule has 1 saturated heterocycles. The Morgan fingerprint density at radius 2 is 2.19 bits per heavy atom. The predicted octanol–water partition coefficient (Wildman–Crippen LogP) is 0.937. The molecule has 2 N–H and O–H groups in total. The highest BCUT2D eigenvalue weighted by Gasteiger charge is 2.56. The van der Waals surface area contributed by atoms with Crippen molar-refractivity contribution in [2.75, 3.05) is 18.5 Å². The summed E-state index contributed by atoms with van der Waals surface area (Å²) in [5.74, 6) is -1.84. The number of ether oxygens (including phenoxy) is 1. The van der Waals surface area contributed by atoms with Crippen LogP contribution < -0.4 is 10.6 Å². The summed E-state index contributed by atoms with van der Waals surface area (Å²) in [4.78, 5) is 52.7. The molecule has 1 aliphatic carbocycles. The molecular weight excluding hydrogens is 364 g/mol. The molecule has 1 aromatic rings. The Labute approximate surface area is 154 Å². The number of amides is 4. The molecule has 0 radical (unpaired) electrons. The molecule has 1 aromatic heterocycles. The summed E-state index contributed by atoms with van der Waals surface area (Å²) in [6.45, 7) is 0.531. The first-order valence-electron chi connectivity index (χ1n) is 8.01. The van der Waals surface area contributed by atoms with Crippen LogP contribution in [-0.4, -0.2) is 52.4 Å². The fraction of sp³-hybridized carbons (Fsp3) is 0.438. The number of hydrogen-bond acceptors (Lipinski definition) is 6. The largest absolute Gasteiger partial charge is 0.454 e. The first-order valence-corrected chi connectivity index (χ1v) is 8.39. The van der Waals surface area contributed by atoms with Crippen molar-refractivity contribution in [2.45, 2.75) is 25.3 Å². The van der Waals surface area contributed by atoms with E-state index in [1.807, 2.05) is 0 Å². The van der Waals surface area contributed by atoms with Crippen LogP contribution >= 0.6 is 11.6 Å². The van der Waals surface area contributed by atoms with Gasteiger partial charge in [0.05, 0.1) is 5.69 Å². The van der Waals surface area contributed by atoms with Gasteiger partial charge < -0.3 is 15.4 Å². The highest BCUT2D eigenvalue weighted by atomic mass is 35.5. The molecule has 2 fully saturated rings. The summed E-state index contributed by atoms with van der Waals surface area (Å²) in [7, 11) is 0. The van der Waals surface area contributed by atoms with E-state index in [0.29, 0.717) is 0 Å². The molecule has 9 nitrogen and oxygen atoms in total. The van der Waals surface area contributed by atoms with Crippen molar-refractivity contribution >= 4 is 41.1 Å². The average Bonchev–Trinajstić information content (AvgIpc) is 3.41. The third kappa shape index (κ3) is 3.62. The number of carbonyl (C=O) groups is 4. The van der Waals surface area contributed by atoms with Crippen molar-refractivity contribution in [1.29, 1.82) is 0 Å². The van der Waals surface area contributed by atoms with Crippen molar-refractivity contribution in [3.63, 3.8) is 0 Å². The van der Waals surface area contributed by atoms with Crippen molar-refractivity contribution in [3.8, 4) is 0 Å². The number of hydrogen-bond donors (Lipinski definition) is 2. The van der Waals surface area contributed by atoms with Gasteiger partial charge >= 0.3 is 12.0 Å². The van der Waals surface area contributed by atoms with Crippen molar-refractivity contribution in [3.05, 3.63) is 23.5 Å². The minimum absolute atomic E-state index is 0.0926. The smallest absolute Gasteiger partial charge is 0.326 e. The Morgan fingerprint density at radius 3 is 2.85 bits per heavy atom. The SMILES string of the molecule is C[C@@]1(C2CC2)NC(=O)N(CC(=O)OCC(=O)Nc2cccnc2Cl)C1=O. The van der Waals surface area contributed by atoms with Crippen LogP contribution in [0.3, 0.4) is 0 Å². The second-order valence-corrected chi connectivity index (χ2v) is 6.71. The van der Waals surface area contributed by atoms with Crippen LogP contribution in [-0.2, 0) is 19.1 Å². The fourth-order valence-electron chi connectivity index (χ4n) is 2.78. The Morgan fingerprint density at radius 1 is 1.46 bits per heavy atom. The number of nitrogens with zero attached hydrogens (tertiary/aromatic N) is 2. The number of rotatable bonds is 6. The van der Waals surface area contributed by atoms with Gasteiger partial charge in [0.15, 0.2) is 11.8 Å². The summed E-state index contributed by atoms with van der Waals surface area (Å²) in [5, 5.41) is 5.18. The first kappa shape index (κ1) is 18.1. The monoisotopic (exact) mass is 380 g/mol. The van der Waals surface area contributed by atoms with E-state index < -0.39 is 42.5 Å². The van der Waals surface area contributed by atoms with E-state index in [9.17, 15) is 19.2 Å². The number of esters is 1. The number of anilines is 1. The van der Waals surface area contributed by atoms with Gasteiger partial charge in [0.1, 0.15) is 12.1 Å². The molecule has 4 amide bonds. The molecule has 138 valence electrons. The summed E-state index contributed by atoms with van der Waals surface area (Å²) in [6, 6.07) is 2.50. The van der Waals surface area contributed by atoms with Gasteiger partial charge in [-0.3, -0.25) is 19.3 Å². The normalized spacial score (nSPS) is 22.2. The maximum absolute atomic E-state index is 12.4. The third-order valence-electron chi connectivity index (χ3n) is 4.38. The van der Waals surface area contributed by atoms with Crippen LogP contribution in [0.25, 0.3) is 0 Å². The number of aromatic nitrogens is 1. The zero-order valence-corrected chi connectivity index (χ0v) is 14.7. The molecule has 3 rings (SSSR count). The van der Waals surface area contributed by atoms with Gasteiger partial charge in [-0.15, -0.1) is 0 Å². The summed E-state index contributed by atoms with van der Waals surface area (Å²) >= 11 is 5.81. The molecule has 1 aliphatic heterocycles. The lowest BCUT2D eigenvalue weighted by molar-refractivity contribution is -0.150. The van der Waals surface area contributed by atoms with Gasteiger partial charge in [-0.05, 0) is 37.8 Å². The molecule has 10 heteroatoms. The average molecular weight is 381 g/mol. The zero-order chi connectivity index (χ0) is 18.9. The molecule has 0 unspecified atom stereocenters. The lowest BCUT2D eigenvalue weighted by Crippen LogP contribution is -2.46. The standard InChI is InChI=1S/C16H17ClN4O5/c1-16(9-4-5-9)14(24)21(15(25)20-16)7-12(23)26-8-11(22)19-10-3-2-6-18-13(10)17/h2-3,6,9H,4-5,7-8H2,1H3,(H,19,22)(H,20,25)/t16-/m0/s1. The predicted molar refractivity (Wildman–Crippen MR) is 90.2 cm³/mol. The van der Waals surface area contributed by atoms with E-state index in [4.69, 9.17) is 16.3 Å². The quantitative estimate of drug-likeness (QED) is 0.431. The van der Waals surface area contributed by atoms with Gasteiger partial charge in [-0.1, -0.05) is 11.6 Å². The van der Waals surface area contributed by atoms with E-state index in [1.165, 1.54) is 6.20 Å². The van der Waals surface area contributed by atoms with Crippen molar-refractivity contribution in [1.82, 2.24) is 15.2 Å². The third-order valence-corrected chi connectivity index (χ3v) is 4.68. The molecule has 0 spiro atoms. The Hall–Kier alpha value is -2.68. The number of pyridine rings is 1. The molecule has 26 heavy (non-hydrogen) atoms. The van der Waals surface area contributed by atoms with Gasteiger partial charge in [0, 0.05) is 6.20 Å². The maximum atomic E-state index is 12.4. The second kappa shape index (κ2) is 6.91. The Bertz CT molecular complexity index is 782. The maximum Gasteiger partial charge on any atom is 0.326 e. The minimum atomic E-state index is -0.966. The Kier molecular flexibility index (Phi) is 4.82. The second-order valence-electron chi connectivity index (χ2n) is 6.35. The Balaban J connectivity index is 1.50. The highest BCUT2D eigenvalue weighted by molar-refractivity contribution is 6.32. The summed E-state index contributed by atoms with van der Waals surface area (Å²) in [5.41, 5.74) is -0.685. The van der Waals surface area contributed by atoms with Crippen LogP contribution in [0.4, 0.5) is 10.5 Å². The van der Waals surface area contributed by atoms with E-state index in [1.54, 1.807) is 19.1 Å². The number of nitrogens with one attached hydrogen (secondary N) is 2. The number of halogens is 1. The molecule has 0 bridgehead atoms. The van der Waals surface area contributed by atoms with Crippen LogP contribution in [0, 0.1) is 5.92 Å². The van der Waals surface area contributed by atoms with Gasteiger partial charge in [0.25, 0.3) is 11.8 Å². The van der Waals surface area contributed by atoms with Crippen LogP contribution in [0.1, 0.15) is 19.8 Å². The van der Waals surface area contributed by atoms with E-state index in [-0.39, 0.29) is 16.8 Å². The highest BCUT2D eigenvalue weighted by Crippen LogP contribution is 2.42. The number of urea groups is 1. The van der Waals surface area contributed by atoms with Crippen LogP contribution in [0.5, 0.6) is 0 Å². The first-order chi connectivity index (χ1) is 12.3.